The van der Waals surface area contributed by atoms with Gasteiger partial charge in [0.15, 0.2) is 0 Å². The molecule has 0 radical (unpaired) electrons. The van der Waals surface area contributed by atoms with E-state index in [9.17, 15) is 13.2 Å². The molecule has 2 heterocycles. The van der Waals surface area contributed by atoms with Crippen LogP contribution in [0.5, 0.6) is 0 Å². The van der Waals surface area contributed by atoms with Crippen LogP contribution in [0.2, 0.25) is 0 Å². The Kier molecular flexibility index (Phi) is 4.10. The molecule has 0 spiro atoms. The number of sulfonamides is 1. The predicted octanol–water partition coefficient (Wildman–Crippen LogP) is 1.40. The Hall–Kier alpha value is -0.440. The summed E-state index contributed by atoms with van der Waals surface area (Å²) in [5.74, 6) is -0.806. The minimum atomic E-state index is -3.49. The maximum atomic E-state index is 12.3. The lowest BCUT2D eigenvalue weighted by atomic mass is 9.99. The summed E-state index contributed by atoms with van der Waals surface area (Å²) in [4.78, 5) is 11.2. The van der Waals surface area contributed by atoms with Gasteiger partial charge in [-0.2, -0.15) is 4.31 Å². The third-order valence-electron chi connectivity index (χ3n) is 2.93. The van der Waals surface area contributed by atoms with Gasteiger partial charge in [-0.15, -0.1) is 11.3 Å². The third-order valence-corrected chi connectivity index (χ3v) is 6.89. The predicted molar refractivity (Wildman–Crippen MR) is 72.7 cm³/mol. The molecule has 1 aromatic heterocycles. The topological polar surface area (TPSA) is 80.5 Å². The van der Waals surface area contributed by atoms with Gasteiger partial charge in [-0.3, -0.25) is 4.79 Å². The highest BCUT2D eigenvalue weighted by atomic mass is 79.9. The van der Waals surface area contributed by atoms with Crippen molar-refractivity contribution in [2.45, 2.75) is 17.1 Å². The molecule has 1 saturated heterocycles. The Bertz CT molecular complexity index is 555. The molecule has 1 aromatic rings. The number of thiophene rings is 1. The zero-order chi connectivity index (χ0) is 13.3. The number of amides is 1. The third kappa shape index (κ3) is 2.76. The molecule has 0 bridgehead atoms. The number of carbonyl (C=O) groups excluding carboxylic acids is 1. The molecule has 1 atom stereocenters. The van der Waals surface area contributed by atoms with Crippen LogP contribution in [-0.4, -0.2) is 31.7 Å². The van der Waals surface area contributed by atoms with E-state index in [2.05, 4.69) is 15.9 Å². The molecule has 1 aliphatic rings. The average molecular weight is 353 g/mol. The molecule has 2 rings (SSSR count). The van der Waals surface area contributed by atoms with Crippen molar-refractivity contribution < 1.29 is 13.2 Å². The lowest BCUT2D eigenvalue weighted by Crippen LogP contribution is -2.43. The zero-order valence-corrected chi connectivity index (χ0v) is 12.7. The Labute approximate surface area is 118 Å². The molecule has 8 heteroatoms. The summed E-state index contributed by atoms with van der Waals surface area (Å²) in [5.41, 5.74) is 5.25. The summed E-state index contributed by atoms with van der Waals surface area (Å²) < 4.78 is 27.1. The SMILES string of the molecule is NC(=O)[C@@H]1CCCN(S(=O)(=O)c2ccc(Br)s2)C1. The Morgan fingerprint density at radius 2 is 2.22 bits per heavy atom. The fraction of sp³-hybridized carbons (Fsp3) is 0.500. The number of halogens is 1. The summed E-state index contributed by atoms with van der Waals surface area (Å²) in [6.45, 7) is 0.634. The van der Waals surface area contributed by atoms with Crippen molar-refractivity contribution in [2.75, 3.05) is 13.1 Å². The maximum absolute atomic E-state index is 12.3. The number of nitrogens with two attached hydrogens (primary N) is 1. The van der Waals surface area contributed by atoms with Crippen molar-refractivity contribution in [2.24, 2.45) is 11.7 Å². The monoisotopic (exact) mass is 352 g/mol. The maximum Gasteiger partial charge on any atom is 0.252 e. The molecule has 5 nitrogen and oxygen atoms in total. The molecule has 0 aliphatic carbocycles. The van der Waals surface area contributed by atoms with Gasteiger partial charge in [-0.05, 0) is 40.9 Å². The van der Waals surface area contributed by atoms with Gasteiger partial charge in [0.2, 0.25) is 5.91 Å². The smallest absolute Gasteiger partial charge is 0.252 e. The Morgan fingerprint density at radius 1 is 1.50 bits per heavy atom. The molecule has 0 unspecified atom stereocenters. The second-order valence-corrected chi connectivity index (χ2v) is 8.79. The van der Waals surface area contributed by atoms with E-state index in [1.54, 1.807) is 12.1 Å². The number of primary amides is 1. The highest BCUT2D eigenvalue weighted by molar-refractivity contribution is 9.11. The lowest BCUT2D eigenvalue weighted by molar-refractivity contribution is -0.122. The molecule has 18 heavy (non-hydrogen) atoms. The molecule has 0 aromatic carbocycles. The van der Waals surface area contributed by atoms with Gasteiger partial charge in [0.05, 0.1) is 9.70 Å². The highest BCUT2D eigenvalue weighted by Gasteiger charge is 2.33. The molecular formula is C10H13BrN2O3S2. The van der Waals surface area contributed by atoms with Crippen LogP contribution in [0.1, 0.15) is 12.8 Å². The molecule has 1 fully saturated rings. The van der Waals surface area contributed by atoms with Crippen LogP contribution in [0.25, 0.3) is 0 Å². The van der Waals surface area contributed by atoms with Gasteiger partial charge >= 0.3 is 0 Å². The van der Waals surface area contributed by atoms with Crippen molar-refractivity contribution in [3.63, 3.8) is 0 Å². The van der Waals surface area contributed by atoms with E-state index in [0.717, 1.165) is 3.79 Å². The van der Waals surface area contributed by atoms with Gasteiger partial charge in [-0.1, -0.05) is 0 Å². The lowest BCUT2D eigenvalue weighted by Gasteiger charge is -2.29. The fourth-order valence-electron chi connectivity index (χ4n) is 1.96. The number of carbonyl (C=O) groups is 1. The first-order valence-electron chi connectivity index (χ1n) is 5.46. The highest BCUT2D eigenvalue weighted by Crippen LogP contribution is 2.30. The molecule has 0 saturated carbocycles. The average Bonchev–Trinajstić information content (AvgIpc) is 2.77. The number of hydrogen-bond acceptors (Lipinski definition) is 4. The fourth-order valence-corrected chi connectivity index (χ4v) is 5.64. The van der Waals surface area contributed by atoms with Crippen molar-refractivity contribution in [1.29, 1.82) is 0 Å². The summed E-state index contributed by atoms with van der Waals surface area (Å²) in [5, 5.41) is 0. The summed E-state index contributed by atoms with van der Waals surface area (Å²) >= 11 is 4.41. The number of hydrogen-bond donors (Lipinski definition) is 1. The van der Waals surface area contributed by atoms with E-state index in [1.807, 2.05) is 0 Å². The van der Waals surface area contributed by atoms with Crippen LogP contribution in [0.15, 0.2) is 20.1 Å². The summed E-state index contributed by atoms with van der Waals surface area (Å²) in [7, 11) is -3.49. The first-order valence-corrected chi connectivity index (χ1v) is 8.51. The first kappa shape index (κ1) is 14.0. The van der Waals surface area contributed by atoms with E-state index in [4.69, 9.17) is 5.73 Å². The van der Waals surface area contributed by atoms with Gasteiger partial charge in [0.1, 0.15) is 4.21 Å². The first-order chi connectivity index (χ1) is 8.41. The van der Waals surface area contributed by atoms with Crippen LogP contribution in [0.4, 0.5) is 0 Å². The van der Waals surface area contributed by atoms with E-state index in [0.29, 0.717) is 23.6 Å². The largest absolute Gasteiger partial charge is 0.369 e. The second-order valence-electron chi connectivity index (χ2n) is 4.16. The minimum absolute atomic E-state index is 0.188. The van der Waals surface area contributed by atoms with Crippen molar-refractivity contribution in [3.05, 3.63) is 15.9 Å². The molecule has 1 aliphatic heterocycles. The summed E-state index contributed by atoms with van der Waals surface area (Å²) in [6, 6.07) is 3.27. The Morgan fingerprint density at radius 3 is 2.78 bits per heavy atom. The molecule has 2 N–H and O–H groups in total. The van der Waals surface area contributed by atoms with Crippen molar-refractivity contribution >= 4 is 43.2 Å². The van der Waals surface area contributed by atoms with Crippen molar-refractivity contribution in [3.8, 4) is 0 Å². The van der Waals surface area contributed by atoms with Crippen LogP contribution in [0, 0.1) is 5.92 Å². The number of nitrogens with zero attached hydrogens (tertiary/aromatic N) is 1. The standard InChI is InChI=1S/C10H13BrN2O3S2/c11-8-3-4-9(17-8)18(15,16)13-5-1-2-7(6-13)10(12)14/h3-4,7H,1-2,5-6H2,(H2,12,14)/t7-/m1/s1. The van der Waals surface area contributed by atoms with E-state index < -0.39 is 15.9 Å². The second kappa shape index (κ2) is 5.28. The van der Waals surface area contributed by atoms with Crippen molar-refractivity contribution in [1.82, 2.24) is 4.31 Å². The molecule has 100 valence electrons. The van der Waals surface area contributed by atoms with Gasteiger partial charge < -0.3 is 5.73 Å². The number of rotatable bonds is 3. The molecule has 1 amide bonds. The zero-order valence-electron chi connectivity index (χ0n) is 9.50. The van der Waals surface area contributed by atoms with E-state index >= 15 is 0 Å². The van der Waals surface area contributed by atoms with Gasteiger partial charge in [-0.25, -0.2) is 8.42 Å². The van der Waals surface area contributed by atoms with E-state index in [1.165, 1.54) is 15.6 Å². The van der Waals surface area contributed by atoms with Crippen LogP contribution in [0.3, 0.4) is 0 Å². The normalized spacial score (nSPS) is 21.9. The minimum Gasteiger partial charge on any atom is -0.369 e. The summed E-state index contributed by atoms with van der Waals surface area (Å²) in [6.07, 6.45) is 1.33. The molecular weight excluding hydrogens is 340 g/mol. The van der Waals surface area contributed by atoms with Gasteiger partial charge in [0.25, 0.3) is 10.0 Å². The van der Waals surface area contributed by atoms with Crippen LogP contribution >= 0.6 is 27.3 Å². The quantitative estimate of drug-likeness (QED) is 0.892. The Balaban J connectivity index is 2.22. The van der Waals surface area contributed by atoms with Crippen LogP contribution in [-0.2, 0) is 14.8 Å². The van der Waals surface area contributed by atoms with E-state index in [-0.39, 0.29) is 12.5 Å². The van der Waals surface area contributed by atoms with Crippen LogP contribution < -0.4 is 5.73 Å². The number of piperidine rings is 1. The van der Waals surface area contributed by atoms with Gasteiger partial charge in [0, 0.05) is 13.1 Å².